The number of nitrogens with zero attached hydrogens (tertiary/aromatic N) is 1. The van der Waals surface area contributed by atoms with Crippen molar-refractivity contribution >= 4 is 0 Å². The summed E-state index contributed by atoms with van der Waals surface area (Å²) in [7, 11) is 0. The maximum Gasteiger partial charge on any atom is 0.102 e. The molecule has 0 atom stereocenters. The Morgan fingerprint density at radius 2 is 2.00 bits per heavy atom. The van der Waals surface area contributed by atoms with Crippen LogP contribution in [0.3, 0.4) is 0 Å². The Balaban J connectivity index is 2.13. The molecule has 0 bridgehead atoms. The van der Waals surface area contributed by atoms with Gasteiger partial charge in [0.05, 0.1) is 6.10 Å². The van der Waals surface area contributed by atoms with Gasteiger partial charge in [-0.25, -0.2) is 9.50 Å². The fraction of sp³-hybridized carbons (Fsp3) is 1.00. The van der Waals surface area contributed by atoms with Gasteiger partial charge in [0.25, 0.3) is 0 Å². The van der Waals surface area contributed by atoms with Gasteiger partial charge in [0.15, 0.2) is 0 Å². The van der Waals surface area contributed by atoms with Crippen LogP contribution in [0.25, 0.3) is 0 Å². The van der Waals surface area contributed by atoms with E-state index in [1.807, 2.05) is 4.90 Å². The zero-order valence-electron chi connectivity index (χ0n) is 6.05. The Morgan fingerprint density at radius 3 is 2.50 bits per heavy atom. The number of halogens is 1. The van der Waals surface area contributed by atoms with Crippen LogP contribution in [0.5, 0.6) is 0 Å². The van der Waals surface area contributed by atoms with Crippen LogP contribution in [-0.2, 0) is 5.11 Å². The van der Waals surface area contributed by atoms with Gasteiger partial charge >= 0.3 is 0 Å². The standard InChI is InChI=1S/C7H13FNO/c8-3-6-9-4-1-7(10)2-5-9/h7H,1-6H2. The highest BCUT2D eigenvalue weighted by atomic mass is 19.1. The SMILES string of the molecule is [O]C1CCN(CCF)CC1. The lowest BCUT2D eigenvalue weighted by Gasteiger charge is -2.27. The third kappa shape index (κ3) is 2.23. The summed E-state index contributed by atoms with van der Waals surface area (Å²) >= 11 is 0. The zero-order chi connectivity index (χ0) is 7.40. The van der Waals surface area contributed by atoms with Crippen LogP contribution >= 0.6 is 0 Å². The quantitative estimate of drug-likeness (QED) is 0.566. The molecule has 1 fully saturated rings. The van der Waals surface area contributed by atoms with Crippen LogP contribution in [0.15, 0.2) is 0 Å². The van der Waals surface area contributed by atoms with Crippen molar-refractivity contribution in [1.82, 2.24) is 4.90 Å². The van der Waals surface area contributed by atoms with E-state index >= 15 is 0 Å². The minimum atomic E-state index is -0.393. The predicted molar refractivity (Wildman–Crippen MR) is 36.1 cm³/mol. The highest BCUT2D eigenvalue weighted by Gasteiger charge is 2.16. The van der Waals surface area contributed by atoms with E-state index in [0.717, 1.165) is 13.1 Å². The van der Waals surface area contributed by atoms with Crippen LogP contribution in [-0.4, -0.2) is 37.3 Å². The number of likely N-dealkylation sites (tertiary alicyclic amines) is 1. The zero-order valence-corrected chi connectivity index (χ0v) is 6.05. The Labute approximate surface area is 60.6 Å². The Hall–Kier alpha value is -0.150. The van der Waals surface area contributed by atoms with Crippen molar-refractivity contribution in [3.05, 3.63) is 0 Å². The van der Waals surface area contributed by atoms with Crippen molar-refractivity contribution in [2.75, 3.05) is 26.3 Å². The van der Waals surface area contributed by atoms with Gasteiger partial charge in [-0.3, -0.25) is 0 Å². The van der Waals surface area contributed by atoms with Gasteiger partial charge in [-0.05, 0) is 12.8 Å². The van der Waals surface area contributed by atoms with E-state index in [2.05, 4.69) is 0 Å². The summed E-state index contributed by atoms with van der Waals surface area (Å²) in [6, 6.07) is 0. The van der Waals surface area contributed by atoms with Gasteiger partial charge in [-0.2, -0.15) is 0 Å². The molecule has 1 heterocycles. The van der Waals surface area contributed by atoms with Gasteiger partial charge in [-0.1, -0.05) is 0 Å². The summed E-state index contributed by atoms with van der Waals surface area (Å²) in [6.45, 7) is 1.80. The van der Waals surface area contributed by atoms with Gasteiger partial charge in [0, 0.05) is 19.6 Å². The smallest absolute Gasteiger partial charge is 0.102 e. The fourth-order valence-corrected chi connectivity index (χ4v) is 1.25. The predicted octanol–water partition coefficient (Wildman–Crippen LogP) is 0.851. The largest absolute Gasteiger partial charge is 0.301 e. The second kappa shape index (κ2) is 3.88. The first-order valence-corrected chi connectivity index (χ1v) is 3.77. The normalized spacial score (nSPS) is 23.4. The monoisotopic (exact) mass is 146 g/mol. The van der Waals surface area contributed by atoms with Gasteiger partial charge in [-0.15, -0.1) is 0 Å². The molecule has 1 saturated heterocycles. The fourth-order valence-electron chi connectivity index (χ4n) is 1.25. The molecule has 0 spiro atoms. The molecule has 0 aromatic heterocycles. The van der Waals surface area contributed by atoms with E-state index in [1.165, 1.54) is 0 Å². The number of alkyl halides is 1. The number of hydrogen-bond acceptors (Lipinski definition) is 1. The Bertz CT molecular complexity index is 91.6. The highest BCUT2D eigenvalue weighted by molar-refractivity contribution is 4.69. The van der Waals surface area contributed by atoms with E-state index in [0.29, 0.717) is 19.4 Å². The van der Waals surface area contributed by atoms with Crippen molar-refractivity contribution in [3.8, 4) is 0 Å². The van der Waals surface area contributed by atoms with E-state index in [1.54, 1.807) is 0 Å². The van der Waals surface area contributed by atoms with Gasteiger partial charge in [0.2, 0.25) is 0 Å². The van der Waals surface area contributed by atoms with Gasteiger partial charge < -0.3 is 4.90 Å². The molecule has 59 valence electrons. The van der Waals surface area contributed by atoms with Crippen LogP contribution in [0.1, 0.15) is 12.8 Å². The molecular weight excluding hydrogens is 133 g/mol. The summed E-state index contributed by atoms with van der Waals surface area (Å²) in [5.41, 5.74) is 0. The first kappa shape index (κ1) is 7.95. The van der Waals surface area contributed by atoms with Gasteiger partial charge in [0.1, 0.15) is 6.67 Å². The second-order valence-electron chi connectivity index (χ2n) is 2.73. The molecule has 0 aromatic rings. The number of piperidine rings is 1. The second-order valence-corrected chi connectivity index (χ2v) is 2.73. The van der Waals surface area contributed by atoms with Crippen molar-refractivity contribution < 1.29 is 9.50 Å². The molecule has 0 aromatic carbocycles. The minimum absolute atomic E-state index is 0.288. The van der Waals surface area contributed by atoms with Crippen molar-refractivity contribution in [2.45, 2.75) is 18.9 Å². The number of rotatable bonds is 2. The molecule has 1 aliphatic heterocycles. The lowest BCUT2D eigenvalue weighted by atomic mass is 10.1. The molecule has 0 amide bonds. The Kier molecular flexibility index (Phi) is 3.09. The van der Waals surface area contributed by atoms with E-state index < -0.39 is 6.10 Å². The maximum atomic E-state index is 11.8. The van der Waals surface area contributed by atoms with E-state index in [9.17, 15) is 9.50 Å². The van der Waals surface area contributed by atoms with Crippen LogP contribution in [0.4, 0.5) is 4.39 Å². The molecule has 1 radical (unpaired) electrons. The van der Waals surface area contributed by atoms with E-state index in [-0.39, 0.29) is 6.67 Å². The average Bonchev–Trinajstić information content (AvgIpc) is 1.95. The Morgan fingerprint density at radius 1 is 1.40 bits per heavy atom. The topological polar surface area (TPSA) is 23.1 Å². The third-order valence-electron chi connectivity index (χ3n) is 1.94. The molecule has 0 aliphatic carbocycles. The molecule has 0 saturated carbocycles. The molecule has 2 nitrogen and oxygen atoms in total. The van der Waals surface area contributed by atoms with Crippen LogP contribution < -0.4 is 0 Å². The summed E-state index contributed by atoms with van der Waals surface area (Å²) in [4.78, 5) is 2.01. The third-order valence-corrected chi connectivity index (χ3v) is 1.94. The lowest BCUT2D eigenvalue weighted by Crippen LogP contribution is -2.36. The molecule has 3 heteroatoms. The minimum Gasteiger partial charge on any atom is -0.301 e. The van der Waals surface area contributed by atoms with Crippen LogP contribution in [0, 0.1) is 0 Å². The highest BCUT2D eigenvalue weighted by Crippen LogP contribution is 2.09. The summed E-state index contributed by atoms with van der Waals surface area (Å²) in [5.74, 6) is 0. The van der Waals surface area contributed by atoms with Crippen molar-refractivity contribution in [1.29, 1.82) is 0 Å². The molecule has 0 N–H and O–H groups in total. The number of hydrogen-bond donors (Lipinski definition) is 0. The van der Waals surface area contributed by atoms with Crippen molar-refractivity contribution in [3.63, 3.8) is 0 Å². The van der Waals surface area contributed by atoms with E-state index in [4.69, 9.17) is 0 Å². The van der Waals surface area contributed by atoms with Crippen LogP contribution in [0.2, 0.25) is 0 Å². The summed E-state index contributed by atoms with van der Waals surface area (Å²) in [5, 5.41) is 10.8. The molecule has 10 heavy (non-hydrogen) atoms. The first-order valence-electron chi connectivity index (χ1n) is 3.77. The molecule has 1 rings (SSSR count). The average molecular weight is 146 g/mol. The lowest BCUT2D eigenvalue weighted by molar-refractivity contribution is 0.0265. The summed E-state index contributed by atoms with van der Waals surface area (Å²) in [6.07, 6.45) is 0.996. The molecular formula is C7H13FNO. The molecule has 0 unspecified atom stereocenters. The molecule has 1 aliphatic rings. The summed E-state index contributed by atoms with van der Waals surface area (Å²) < 4.78 is 11.8. The maximum absolute atomic E-state index is 11.8. The first-order chi connectivity index (χ1) is 4.83. The van der Waals surface area contributed by atoms with Crippen molar-refractivity contribution in [2.24, 2.45) is 0 Å².